The Hall–Kier alpha value is -1.66. The van der Waals surface area contributed by atoms with Gasteiger partial charge < -0.3 is 0 Å². The smallest absolute Gasteiger partial charge is 0.0166 e. The van der Waals surface area contributed by atoms with Crippen LogP contribution in [-0.2, 0) is 17.0 Å². The number of allylic oxidation sites excluding steroid dienone is 4. The van der Waals surface area contributed by atoms with Crippen LogP contribution in [0.15, 0.2) is 121 Å². The zero-order valence-corrected chi connectivity index (χ0v) is 22.9. The van der Waals surface area contributed by atoms with Gasteiger partial charge in [0.2, 0.25) is 0 Å². The van der Waals surface area contributed by atoms with Gasteiger partial charge in [0.05, 0.1) is 0 Å². The van der Waals surface area contributed by atoms with Crippen molar-refractivity contribution in [1.82, 2.24) is 0 Å². The van der Waals surface area contributed by atoms with E-state index in [0.29, 0.717) is 0 Å². The molecule has 0 aliphatic heterocycles. The first-order chi connectivity index (χ1) is 16.8. The molecule has 2 aliphatic rings. The second-order valence-electron chi connectivity index (χ2n) is 8.23. The topological polar surface area (TPSA) is 0 Å². The Bertz CT molecular complexity index is 1140. The molecule has 1 saturated carbocycles. The third kappa shape index (κ3) is 6.72. The van der Waals surface area contributed by atoms with E-state index in [1.807, 2.05) is 0 Å². The van der Waals surface area contributed by atoms with Crippen molar-refractivity contribution in [3.63, 3.8) is 0 Å². The zero-order chi connectivity index (χ0) is 23.6. The van der Waals surface area contributed by atoms with Crippen LogP contribution in [0.5, 0.6) is 0 Å². The van der Waals surface area contributed by atoms with Gasteiger partial charge >= 0.3 is 35.6 Å². The molecule has 0 saturated heterocycles. The summed E-state index contributed by atoms with van der Waals surface area (Å²) in [6, 6.07) is 35.0. The minimum Gasteiger partial charge on any atom is -0.160 e. The van der Waals surface area contributed by atoms with Gasteiger partial charge in [-0.15, -0.1) is 58.9 Å². The number of benzene rings is 3. The van der Waals surface area contributed by atoms with Crippen molar-refractivity contribution in [3.8, 4) is 0 Å². The van der Waals surface area contributed by atoms with Crippen LogP contribution in [0.1, 0.15) is 19.3 Å². The van der Waals surface area contributed by atoms with Crippen LogP contribution in [0.3, 0.4) is 0 Å². The predicted molar refractivity (Wildman–Crippen MR) is 149 cm³/mol. The normalized spacial score (nSPS) is 15.9. The molecule has 1 atom stereocenters. The Morgan fingerprint density at radius 2 is 1.44 bits per heavy atom. The summed E-state index contributed by atoms with van der Waals surface area (Å²) in [6.45, 7) is 0. The molecule has 34 heavy (non-hydrogen) atoms. The first-order valence-electron chi connectivity index (χ1n) is 11.5. The van der Waals surface area contributed by atoms with Crippen molar-refractivity contribution in [2.24, 2.45) is 5.92 Å². The Morgan fingerprint density at radius 1 is 0.824 bits per heavy atom. The van der Waals surface area contributed by atoms with Gasteiger partial charge in [-0.05, 0) is 30.9 Å². The molecule has 0 spiro atoms. The van der Waals surface area contributed by atoms with E-state index in [9.17, 15) is 0 Å². The predicted octanol–water partition coefficient (Wildman–Crippen LogP) is 8.18. The molecule has 0 radical (unpaired) electrons. The van der Waals surface area contributed by atoms with E-state index in [-0.39, 0.29) is 0 Å². The fourth-order valence-corrected chi connectivity index (χ4v) is 6.90. The standard InChI is InChI=1S/C21H16P.C9H11.2ClH.Ti/c1-3-11-19(12-4-1)22(20-13-5-2-6-14-20)21-15-17-9-7-8-10-18(17)16-21;1-2-5-9-7-3-6-8(9)4-1;;;/h1-16H;1-2,4,6,9H,3,5,7H2;2*1H;/q2*-1;;;+2/p-2. The first-order valence-corrected chi connectivity index (χ1v) is 17.2. The van der Waals surface area contributed by atoms with Crippen LogP contribution in [-0.4, -0.2) is 0 Å². The van der Waals surface area contributed by atoms with Gasteiger partial charge in [0.15, 0.2) is 0 Å². The van der Waals surface area contributed by atoms with Gasteiger partial charge in [0, 0.05) is 0 Å². The third-order valence-corrected chi connectivity index (χ3v) is 8.51. The Morgan fingerprint density at radius 3 is 2.06 bits per heavy atom. The maximum atomic E-state index is 4.89. The number of rotatable bonds is 3. The summed E-state index contributed by atoms with van der Waals surface area (Å²) in [7, 11) is 9.28. The molecule has 4 aromatic carbocycles. The summed E-state index contributed by atoms with van der Waals surface area (Å²) in [4.78, 5) is 0. The zero-order valence-electron chi connectivity index (χ0n) is 18.9. The molecular formula is C30H27Cl2PTi-2. The van der Waals surface area contributed by atoms with Crippen molar-refractivity contribution < 1.29 is 17.0 Å². The molecule has 1 unspecified atom stereocenters. The molecule has 0 aromatic heterocycles. The van der Waals surface area contributed by atoms with Gasteiger partial charge in [0.25, 0.3) is 0 Å². The van der Waals surface area contributed by atoms with Crippen molar-refractivity contribution >= 4 is 53.2 Å². The maximum absolute atomic E-state index is 4.89. The van der Waals surface area contributed by atoms with Crippen molar-refractivity contribution in [3.05, 3.63) is 127 Å². The van der Waals surface area contributed by atoms with E-state index in [4.69, 9.17) is 18.6 Å². The van der Waals surface area contributed by atoms with Gasteiger partial charge in [-0.25, -0.2) is 18.1 Å². The second kappa shape index (κ2) is 13.4. The molecule has 0 bridgehead atoms. The van der Waals surface area contributed by atoms with E-state index in [2.05, 4.69) is 122 Å². The SMILES string of the molecule is C1=CCC2CC[CH-]C2=C1.[Cl][Ti][Cl].c1ccc(P(c2ccccc2)c2cc3ccccc3[cH-]2)cc1. The molecule has 4 aromatic rings. The van der Waals surface area contributed by atoms with E-state index in [1.165, 1.54) is 45.9 Å². The van der Waals surface area contributed by atoms with E-state index >= 15 is 0 Å². The molecule has 0 N–H and O–H groups in total. The van der Waals surface area contributed by atoms with Crippen LogP contribution in [0.25, 0.3) is 10.8 Å². The summed E-state index contributed by atoms with van der Waals surface area (Å²) in [5.41, 5.74) is 1.58. The van der Waals surface area contributed by atoms with Crippen LogP contribution in [0.2, 0.25) is 0 Å². The molecule has 2 aliphatic carbocycles. The van der Waals surface area contributed by atoms with Gasteiger partial charge in [-0.2, -0.15) is 6.07 Å². The van der Waals surface area contributed by atoms with Crippen molar-refractivity contribution in [2.75, 3.05) is 0 Å². The molecule has 0 heterocycles. The minimum absolute atomic E-state index is 0.493. The molecule has 4 heteroatoms. The molecule has 0 nitrogen and oxygen atoms in total. The average Bonchev–Trinajstić information content (AvgIpc) is 3.53. The van der Waals surface area contributed by atoms with Crippen molar-refractivity contribution in [2.45, 2.75) is 19.3 Å². The van der Waals surface area contributed by atoms with Crippen LogP contribution in [0.4, 0.5) is 0 Å². The molecule has 6 rings (SSSR count). The quantitative estimate of drug-likeness (QED) is 0.141. The minimum atomic E-state index is -0.556. The fraction of sp³-hybridized carbons (Fsp3) is 0.133. The Kier molecular flexibility index (Phi) is 10.1. The monoisotopic (exact) mass is 536 g/mol. The van der Waals surface area contributed by atoms with E-state index < -0.39 is 25.0 Å². The van der Waals surface area contributed by atoms with Crippen molar-refractivity contribution in [1.29, 1.82) is 0 Å². The number of halogens is 2. The van der Waals surface area contributed by atoms with Crippen LogP contribution < -0.4 is 15.9 Å². The maximum Gasteiger partial charge on any atom is -0.0166 e. The summed E-state index contributed by atoms with van der Waals surface area (Å²) < 4.78 is 0. The summed E-state index contributed by atoms with van der Waals surface area (Å²) in [5, 5.41) is 6.89. The van der Waals surface area contributed by atoms with E-state index in [1.54, 1.807) is 5.57 Å². The Labute approximate surface area is 221 Å². The molecular weight excluding hydrogens is 510 g/mol. The fourth-order valence-electron chi connectivity index (χ4n) is 4.53. The first kappa shape index (κ1) is 25.4. The Balaban J connectivity index is 0.000000189. The number of hydrogen-bond donors (Lipinski definition) is 0. The largest absolute Gasteiger partial charge is 0.160 e. The average molecular weight is 537 g/mol. The third-order valence-electron chi connectivity index (χ3n) is 6.10. The summed E-state index contributed by atoms with van der Waals surface area (Å²) in [5.74, 6) is 0.884. The molecule has 0 amide bonds. The van der Waals surface area contributed by atoms with Crippen LogP contribution in [0, 0.1) is 12.3 Å². The van der Waals surface area contributed by atoms with Gasteiger partial charge in [0.1, 0.15) is 0 Å². The summed E-state index contributed by atoms with van der Waals surface area (Å²) >= 11 is -0.556. The number of hydrogen-bond acceptors (Lipinski definition) is 0. The second-order valence-corrected chi connectivity index (χ2v) is 13.0. The van der Waals surface area contributed by atoms with E-state index in [0.717, 1.165) is 5.92 Å². The van der Waals surface area contributed by atoms with Gasteiger partial charge in [-0.1, -0.05) is 73.2 Å². The number of fused-ring (bicyclic) bond motifs is 2. The molecule has 172 valence electrons. The van der Waals surface area contributed by atoms with Crippen LogP contribution >= 0.6 is 26.5 Å². The molecule has 1 fully saturated rings. The summed E-state index contributed by atoms with van der Waals surface area (Å²) in [6.07, 6.45) is 13.0. The van der Waals surface area contributed by atoms with Gasteiger partial charge in [-0.3, -0.25) is 0 Å².